The molecule has 1 fully saturated rings. The zero-order valence-electron chi connectivity index (χ0n) is 11.2. The van der Waals surface area contributed by atoms with Gasteiger partial charge < -0.3 is 9.84 Å². The molecule has 20 heavy (non-hydrogen) atoms. The summed E-state index contributed by atoms with van der Waals surface area (Å²) in [6, 6.07) is 3.94. The van der Waals surface area contributed by atoms with Gasteiger partial charge in [-0.2, -0.15) is 11.8 Å². The molecule has 5 heteroatoms. The number of aliphatic carboxylic acids is 1. The molecule has 0 amide bonds. The van der Waals surface area contributed by atoms with Crippen LogP contribution in [0.2, 0.25) is 5.02 Å². The minimum Gasteiger partial charge on any atom is -0.493 e. The highest BCUT2D eigenvalue weighted by atomic mass is 35.5. The predicted octanol–water partition coefficient (Wildman–Crippen LogP) is 3.76. The molecule has 0 radical (unpaired) electrons. The lowest BCUT2D eigenvalue weighted by Crippen LogP contribution is -2.11. The van der Waals surface area contributed by atoms with Crippen LogP contribution < -0.4 is 4.74 Å². The average molecular weight is 313 g/mol. The van der Waals surface area contributed by atoms with E-state index in [0.717, 1.165) is 53.7 Å². The van der Waals surface area contributed by atoms with Gasteiger partial charge in [0.25, 0.3) is 0 Å². The van der Waals surface area contributed by atoms with Crippen molar-refractivity contribution in [2.24, 2.45) is 5.41 Å². The van der Waals surface area contributed by atoms with Gasteiger partial charge >= 0.3 is 5.97 Å². The van der Waals surface area contributed by atoms with Crippen molar-refractivity contribution in [1.29, 1.82) is 0 Å². The first-order valence-electron chi connectivity index (χ1n) is 6.82. The maximum atomic E-state index is 10.8. The number of halogens is 1. The lowest BCUT2D eigenvalue weighted by Gasteiger charge is -2.13. The van der Waals surface area contributed by atoms with Crippen molar-refractivity contribution < 1.29 is 14.6 Å². The molecule has 0 atom stereocenters. The van der Waals surface area contributed by atoms with E-state index < -0.39 is 5.97 Å². The molecule has 3 nitrogen and oxygen atoms in total. The summed E-state index contributed by atoms with van der Waals surface area (Å²) >= 11 is 7.93. The Labute approximate surface area is 127 Å². The Kier molecular flexibility index (Phi) is 3.87. The molecule has 3 rings (SSSR count). The van der Waals surface area contributed by atoms with Crippen molar-refractivity contribution in [3.05, 3.63) is 28.3 Å². The van der Waals surface area contributed by atoms with Gasteiger partial charge in [-0.3, -0.25) is 4.79 Å². The highest BCUT2D eigenvalue weighted by Gasteiger charge is 2.44. The summed E-state index contributed by atoms with van der Waals surface area (Å²) in [4.78, 5) is 10.8. The molecule has 0 spiro atoms. The fourth-order valence-electron chi connectivity index (χ4n) is 2.70. The van der Waals surface area contributed by atoms with E-state index in [1.807, 2.05) is 12.1 Å². The van der Waals surface area contributed by atoms with Crippen molar-refractivity contribution in [3.63, 3.8) is 0 Å². The third-order valence-electron chi connectivity index (χ3n) is 3.97. The van der Waals surface area contributed by atoms with Crippen LogP contribution in [-0.2, 0) is 17.0 Å². The first-order valence-corrected chi connectivity index (χ1v) is 8.35. The fourth-order valence-corrected chi connectivity index (χ4v) is 4.32. The Morgan fingerprint density at radius 2 is 2.25 bits per heavy atom. The summed E-state index contributed by atoms with van der Waals surface area (Å²) in [6.45, 7) is 0.732. The number of thioether (sulfide) groups is 1. The van der Waals surface area contributed by atoms with Gasteiger partial charge in [0.15, 0.2) is 0 Å². The van der Waals surface area contributed by atoms with Crippen molar-refractivity contribution in [2.45, 2.75) is 31.4 Å². The number of hydrogen-bond acceptors (Lipinski definition) is 3. The summed E-state index contributed by atoms with van der Waals surface area (Å²) in [5, 5.41) is 9.68. The molecule has 0 aromatic heterocycles. The Hall–Kier alpha value is -0.870. The van der Waals surface area contributed by atoms with Crippen molar-refractivity contribution in [1.82, 2.24) is 0 Å². The number of hydrogen-bond donors (Lipinski definition) is 1. The maximum Gasteiger partial charge on any atom is 0.303 e. The number of carboxylic acid groups (broad SMARTS) is 1. The number of carboxylic acids is 1. The highest BCUT2D eigenvalue weighted by Crippen LogP contribution is 2.51. The number of fused-ring (bicyclic) bond motifs is 1. The lowest BCUT2D eigenvalue weighted by atomic mass is 10.1. The van der Waals surface area contributed by atoms with E-state index in [-0.39, 0.29) is 5.41 Å². The van der Waals surface area contributed by atoms with E-state index >= 15 is 0 Å². The minimum absolute atomic E-state index is 0.0408. The van der Waals surface area contributed by atoms with Gasteiger partial charge in [-0.1, -0.05) is 11.6 Å². The average Bonchev–Trinajstić information content (AvgIpc) is 2.95. The summed E-state index contributed by atoms with van der Waals surface area (Å²) < 4.78 is 5.68. The molecule has 1 aliphatic heterocycles. The molecule has 0 bridgehead atoms. The lowest BCUT2D eigenvalue weighted by molar-refractivity contribution is -0.138. The van der Waals surface area contributed by atoms with Crippen LogP contribution >= 0.6 is 23.4 Å². The normalized spacial score (nSPS) is 18.4. The third kappa shape index (κ3) is 3.07. The largest absolute Gasteiger partial charge is 0.493 e. The molecule has 1 heterocycles. The van der Waals surface area contributed by atoms with E-state index in [2.05, 4.69) is 0 Å². The van der Waals surface area contributed by atoms with Gasteiger partial charge in [-0.05, 0) is 41.7 Å². The number of carbonyl (C=O) groups is 1. The van der Waals surface area contributed by atoms with Crippen molar-refractivity contribution in [2.75, 3.05) is 12.4 Å². The second kappa shape index (κ2) is 5.49. The van der Waals surface area contributed by atoms with E-state index in [0.29, 0.717) is 6.42 Å². The molecule has 108 valence electrons. The van der Waals surface area contributed by atoms with E-state index in [1.54, 1.807) is 11.8 Å². The van der Waals surface area contributed by atoms with Gasteiger partial charge in [0.2, 0.25) is 0 Å². The van der Waals surface area contributed by atoms with Gasteiger partial charge in [-0.15, -0.1) is 0 Å². The van der Waals surface area contributed by atoms with Gasteiger partial charge in [0.05, 0.1) is 13.0 Å². The molecular weight excluding hydrogens is 296 g/mol. The second-order valence-electron chi connectivity index (χ2n) is 5.71. The van der Waals surface area contributed by atoms with Crippen LogP contribution in [0.1, 0.15) is 30.4 Å². The van der Waals surface area contributed by atoms with Crippen LogP contribution in [0, 0.1) is 5.41 Å². The van der Waals surface area contributed by atoms with Crippen LogP contribution in [-0.4, -0.2) is 23.4 Å². The molecule has 1 saturated carbocycles. The molecule has 1 aromatic rings. The Bertz CT molecular complexity index is 540. The summed E-state index contributed by atoms with van der Waals surface area (Å²) in [5.41, 5.74) is 2.37. The molecule has 0 saturated heterocycles. The topological polar surface area (TPSA) is 46.5 Å². The highest BCUT2D eigenvalue weighted by molar-refractivity contribution is 7.98. The molecule has 2 aliphatic rings. The van der Waals surface area contributed by atoms with Crippen LogP contribution in [0.15, 0.2) is 12.1 Å². The van der Waals surface area contributed by atoms with Crippen molar-refractivity contribution >= 4 is 29.3 Å². The molecule has 1 aromatic carbocycles. The van der Waals surface area contributed by atoms with Gasteiger partial charge in [-0.25, -0.2) is 0 Å². The Morgan fingerprint density at radius 3 is 2.95 bits per heavy atom. The zero-order valence-corrected chi connectivity index (χ0v) is 12.7. The summed E-state index contributed by atoms with van der Waals surface area (Å²) in [7, 11) is 0. The first-order chi connectivity index (χ1) is 9.58. The third-order valence-corrected chi connectivity index (χ3v) is 5.52. The quantitative estimate of drug-likeness (QED) is 0.868. The number of benzene rings is 1. The molecule has 1 N–H and O–H groups in total. The van der Waals surface area contributed by atoms with E-state index in [4.69, 9.17) is 21.4 Å². The second-order valence-corrected chi connectivity index (χ2v) is 7.14. The predicted molar refractivity (Wildman–Crippen MR) is 80.7 cm³/mol. The zero-order chi connectivity index (χ0) is 14.2. The SMILES string of the molecule is O=C(O)CC1(CSCc2cc(Cl)cc3c2OCC3)CC1. The Balaban J connectivity index is 1.61. The number of rotatable bonds is 6. The standard InChI is InChI=1S/C15H17ClO3S/c16-12-5-10-1-4-19-14(10)11(6-12)8-20-9-15(2-3-15)7-13(17)18/h5-6H,1-4,7-9H2,(H,17,18). The minimum atomic E-state index is -0.685. The summed E-state index contributed by atoms with van der Waals surface area (Å²) in [6.07, 6.45) is 3.30. The summed E-state index contributed by atoms with van der Waals surface area (Å²) in [5.74, 6) is 2.05. The molecular formula is C15H17ClO3S. The Morgan fingerprint density at radius 1 is 1.45 bits per heavy atom. The van der Waals surface area contributed by atoms with Gasteiger partial charge in [0.1, 0.15) is 5.75 Å². The van der Waals surface area contributed by atoms with Gasteiger partial charge in [0, 0.05) is 22.8 Å². The van der Waals surface area contributed by atoms with Crippen LogP contribution in [0.5, 0.6) is 5.75 Å². The van der Waals surface area contributed by atoms with E-state index in [1.165, 1.54) is 5.56 Å². The van der Waals surface area contributed by atoms with E-state index in [9.17, 15) is 4.79 Å². The molecule has 0 unspecified atom stereocenters. The first kappa shape index (κ1) is 14.1. The smallest absolute Gasteiger partial charge is 0.303 e. The van der Waals surface area contributed by atoms with Crippen LogP contribution in [0.4, 0.5) is 0 Å². The molecule has 1 aliphatic carbocycles. The fraction of sp³-hybridized carbons (Fsp3) is 0.533. The van der Waals surface area contributed by atoms with Crippen LogP contribution in [0.3, 0.4) is 0 Å². The van der Waals surface area contributed by atoms with Crippen LogP contribution in [0.25, 0.3) is 0 Å². The monoisotopic (exact) mass is 312 g/mol. The number of ether oxygens (including phenoxy) is 1. The van der Waals surface area contributed by atoms with Crippen molar-refractivity contribution in [3.8, 4) is 5.75 Å². The maximum absolute atomic E-state index is 10.8.